The Balaban J connectivity index is 2.14. The number of carbonyl (C=O) groups is 1. The molecule has 1 rings (SSSR count). The van der Waals surface area contributed by atoms with E-state index >= 15 is 0 Å². The summed E-state index contributed by atoms with van der Waals surface area (Å²) in [6, 6.07) is 8.13. The number of alkyl halides is 1. The molecule has 0 atom stereocenters. The predicted octanol–water partition coefficient (Wildman–Crippen LogP) is 3.65. The number of nitrogens with one attached hydrogen (secondary N) is 1. The molecule has 0 unspecified atom stereocenters. The molecule has 0 saturated carbocycles. The van der Waals surface area contributed by atoms with Crippen LogP contribution in [0.1, 0.15) is 36.8 Å². The van der Waals surface area contributed by atoms with Gasteiger partial charge >= 0.3 is 0 Å². The molecule has 0 aliphatic carbocycles. The Bertz CT molecular complexity index is 365. The van der Waals surface area contributed by atoms with E-state index in [1.807, 2.05) is 12.1 Å². The number of rotatable bonds is 8. The molecule has 3 heteroatoms. The lowest BCUT2D eigenvalue weighted by atomic mass is 10.1. The number of amides is 1. The van der Waals surface area contributed by atoms with Crippen LogP contribution in [0.5, 0.6) is 0 Å². The molecular weight excluding hydrogens is 337 g/mol. The van der Waals surface area contributed by atoms with Crippen LogP contribution in [0.4, 0.5) is 0 Å². The summed E-state index contributed by atoms with van der Waals surface area (Å²) in [7, 11) is 0. The summed E-state index contributed by atoms with van der Waals surface area (Å²) in [6.07, 6.45) is 5.37. The van der Waals surface area contributed by atoms with E-state index in [-0.39, 0.29) is 5.91 Å². The minimum atomic E-state index is 0.134. The van der Waals surface area contributed by atoms with Crippen molar-refractivity contribution in [1.82, 2.24) is 5.32 Å². The van der Waals surface area contributed by atoms with Crippen molar-refractivity contribution in [1.29, 1.82) is 0 Å². The standard InChI is InChI=1S/C15H22INO/c1-13-7-6-8-14(11-13)12-15(18)17-10-5-3-2-4-9-16/h6-8,11H,2-5,9-10,12H2,1H3,(H,17,18). The molecule has 1 aromatic rings. The summed E-state index contributed by atoms with van der Waals surface area (Å²) >= 11 is 2.40. The second kappa shape index (κ2) is 9.36. The first-order valence-electron chi connectivity index (χ1n) is 6.60. The van der Waals surface area contributed by atoms with Crippen molar-refractivity contribution < 1.29 is 4.79 Å². The first-order chi connectivity index (χ1) is 8.72. The lowest BCUT2D eigenvalue weighted by Gasteiger charge is -2.05. The third-order valence-corrected chi connectivity index (χ3v) is 3.59. The van der Waals surface area contributed by atoms with Crippen LogP contribution >= 0.6 is 22.6 Å². The van der Waals surface area contributed by atoms with Gasteiger partial charge in [0.2, 0.25) is 5.91 Å². The van der Waals surface area contributed by atoms with Crippen LogP contribution in [0.2, 0.25) is 0 Å². The highest BCUT2D eigenvalue weighted by Crippen LogP contribution is 2.05. The highest BCUT2D eigenvalue weighted by atomic mass is 127. The Hall–Kier alpha value is -0.580. The van der Waals surface area contributed by atoms with Gasteiger partial charge in [-0.1, -0.05) is 65.3 Å². The van der Waals surface area contributed by atoms with Crippen molar-refractivity contribution in [3.05, 3.63) is 35.4 Å². The van der Waals surface area contributed by atoms with Gasteiger partial charge in [-0.15, -0.1) is 0 Å². The van der Waals surface area contributed by atoms with Crippen LogP contribution in [0, 0.1) is 6.92 Å². The molecule has 2 nitrogen and oxygen atoms in total. The van der Waals surface area contributed by atoms with Crippen molar-refractivity contribution in [2.24, 2.45) is 0 Å². The summed E-state index contributed by atoms with van der Waals surface area (Å²) in [6.45, 7) is 2.86. The lowest BCUT2D eigenvalue weighted by Crippen LogP contribution is -2.26. The number of carbonyl (C=O) groups excluding carboxylic acids is 1. The summed E-state index contributed by atoms with van der Waals surface area (Å²) in [5.74, 6) is 0.134. The molecule has 0 aromatic heterocycles. The first kappa shape index (κ1) is 15.5. The first-order valence-corrected chi connectivity index (χ1v) is 8.13. The number of halogens is 1. The van der Waals surface area contributed by atoms with Gasteiger partial charge in [0.05, 0.1) is 6.42 Å². The second-order valence-electron chi connectivity index (χ2n) is 4.62. The van der Waals surface area contributed by atoms with E-state index < -0.39 is 0 Å². The maximum atomic E-state index is 11.7. The van der Waals surface area contributed by atoms with E-state index in [0.717, 1.165) is 18.5 Å². The Kier molecular flexibility index (Phi) is 8.05. The third-order valence-electron chi connectivity index (χ3n) is 2.83. The third kappa shape index (κ3) is 6.99. The highest BCUT2D eigenvalue weighted by Gasteiger charge is 2.02. The van der Waals surface area contributed by atoms with Crippen LogP contribution < -0.4 is 5.32 Å². The van der Waals surface area contributed by atoms with Gasteiger partial charge in [0.25, 0.3) is 0 Å². The minimum Gasteiger partial charge on any atom is -0.356 e. The van der Waals surface area contributed by atoms with Crippen molar-refractivity contribution >= 4 is 28.5 Å². The summed E-state index contributed by atoms with van der Waals surface area (Å²) in [4.78, 5) is 11.7. The Morgan fingerprint density at radius 2 is 2.00 bits per heavy atom. The molecule has 1 aromatic carbocycles. The van der Waals surface area contributed by atoms with Gasteiger partial charge in [0.1, 0.15) is 0 Å². The Labute approximate surface area is 124 Å². The SMILES string of the molecule is Cc1cccc(CC(=O)NCCCCCCI)c1. The molecule has 0 aliphatic rings. The van der Waals surface area contributed by atoms with E-state index in [0.29, 0.717) is 6.42 Å². The van der Waals surface area contributed by atoms with Crippen LogP contribution in [-0.2, 0) is 11.2 Å². The molecule has 0 aliphatic heterocycles. The zero-order chi connectivity index (χ0) is 13.2. The maximum Gasteiger partial charge on any atom is 0.224 e. The maximum absolute atomic E-state index is 11.7. The monoisotopic (exact) mass is 359 g/mol. The van der Waals surface area contributed by atoms with E-state index in [1.165, 1.54) is 29.3 Å². The average Bonchev–Trinajstić information content (AvgIpc) is 2.33. The second-order valence-corrected chi connectivity index (χ2v) is 5.70. The van der Waals surface area contributed by atoms with Crippen LogP contribution in [0.25, 0.3) is 0 Å². The summed E-state index contributed by atoms with van der Waals surface area (Å²) < 4.78 is 1.23. The zero-order valence-corrected chi connectivity index (χ0v) is 13.2. The van der Waals surface area contributed by atoms with Crippen molar-refractivity contribution in [3.8, 4) is 0 Å². The van der Waals surface area contributed by atoms with Gasteiger partial charge in [-0.25, -0.2) is 0 Å². The summed E-state index contributed by atoms with van der Waals surface area (Å²) in [5, 5.41) is 2.99. The van der Waals surface area contributed by atoms with E-state index in [9.17, 15) is 4.79 Å². The molecule has 0 heterocycles. The van der Waals surface area contributed by atoms with Crippen molar-refractivity contribution in [2.45, 2.75) is 39.0 Å². The fourth-order valence-electron chi connectivity index (χ4n) is 1.87. The molecular formula is C15H22INO. The fraction of sp³-hybridized carbons (Fsp3) is 0.533. The van der Waals surface area contributed by atoms with Crippen LogP contribution in [0.15, 0.2) is 24.3 Å². The van der Waals surface area contributed by atoms with E-state index in [1.54, 1.807) is 0 Å². The fourth-order valence-corrected chi connectivity index (χ4v) is 2.41. The molecule has 18 heavy (non-hydrogen) atoms. The number of hydrogen-bond donors (Lipinski definition) is 1. The minimum absolute atomic E-state index is 0.134. The number of aryl methyl sites for hydroxylation is 1. The molecule has 0 saturated heterocycles. The Morgan fingerprint density at radius 1 is 1.22 bits per heavy atom. The quantitative estimate of drug-likeness (QED) is 0.429. The molecule has 0 fully saturated rings. The molecule has 0 bridgehead atoms. The molecule has 1 amide bonds. The average molecular weight is 359 g/mol. The lowest BCUT2D eigenvalue weighted by molar-refractivity contribution is -0.120. The predicted molar refractivity (Wildman–Crippen MR) is 85.2 cm³/mol. The number of benzene rings is 1. The van der Waals surface area contributed by atoms with E-state index in [4.69, 9.17) is 0 Å². The topological polar surface area (TPSA) is 29.1 Å². The summed E-state index contributed by atoms with van der Waals surface area (Å²) in [5.41, 5.74) is 2.30. The molecule has 0 spiro atoms. The van der Waals surface area contributed by atoms with Gasteiger partial charge in [0.15, 0.2) is 0 Å². The van der Waals surface area contributed by atoms with Gasteiger partial charge in [-0.2, -0.15) is 0 Å². The molecule has 100 valence electrons. The Morgan fingerprint density at radius 3 is 2.72 bits per heavy atom. The number of unbranched alkanes of at least 4 members (excludes halogenated alkanes) is 3. The van der Waals surface area contributed by atoms with E-state index in [2.05, 4.69) is 47.0 Å². The van der Waals surface area contributed by atoms with Gasteiger partial charge < -0.3 is 5.32 Å². The van der Waals surface area contributed by atoms with Crippen LogP contribution in [0.3, 0.4) is 0 Å². The highest BCUT2D eigenvalue weighted by molar-refractivity contribution is 14.1. The normalized spacial score (nSPS) is 10.3. The van der Waals surface area contributed by atoms with Crippen LogP contribution in [-0.4, -0.2) is 16.9 Å². The van der Waals surface area contributed by atoms with Gasteiger partial charge in [-0.3, -0.25) is 4.79 Å². The molecule has 1 N–H and O–H groups in total. The van der Waals surface area contributed by atoms with Crippen molar-refractivity contribution in [2.75, 3.05) is 11.0 Å². The largest absolute Gasteiger partial charge is 0.356 e. The smallest absolute Gasteiger partial charge is 0.224 e. The van der Waals surface area contributed by atoms with Gasteiger partial charge in [0, 0.05) is 6.54 Å². The number of hydrogen-bond acceptors (Lipinski definition) is 1. The zero-order valence-electron chi connectivity index (χ0n) is 11.0. The van der Waals surface area contributed by atoms with Crippen molar-refractivity contribution in [3.63, 3.8) is 0 Å². The molecule has 0 radical (unpaired) electrons. The van der Waals surface area contributed by atoms with Gasteiger partial charge in [-0.05, 0) is 29.8 Å².